The van der Waals surface area contributed by atoms with Gasteiger partial charge in [0.25, 0.3) is 0 Å². The summed E-state index contributed by atoms with van der Waals surface area (Å²) < 4.78 is 15.7. The fourth-order valence-corrected chi connectivity index (χ4v) is 4.68. The van der Waals surface area contributed by atoms with Gasteiger partial charge in [-0.15, -0.1) is 0 Å². The van der Waals surface area contributed by atoms with Crippen LogP contribution in [0.15, 0.2) is 71.8 Å². The number of hydrogen-bond acceptors (Lipinski definition) is 6. The number of rotatable bonds is 4. The maximum absolute atomic E-state index is 13.3. The van der Waals surface area contributed by atoms with Gasteiger partial charge < -0.3 is 14.2 Å². The summed E-state index contributed by atoms with van der Waals surface area (Å²) in [6.45, 7) is 1.71. The Kier molecular flexibility index (Phi) is 5.23. The summed E-state index contributed by atoms with van der Waals surface area (Å²) in [4.78, 5) is 39.6. The Labute approximate surface area is 180 Å². The third-order valence-electron chi connectivity index (χ3n) is 6.06. The molecule has 2 aromatic carbocycles. The first-order valence-corrected chi connectivity index (χ1v) is 9.89. The molecule has 0 aromatic heterocycles. The quantitative estimate of drug-likeness (QED) is 0.430. The molecule has 158 valence electrons. The van der Waals surface area contributed by atoms with Crippen LogP contribution in [0.5, 0.6) is 0 Å². The van der Waals surface area contributed by atoms with E-state index in [4.69, 9.17) is 14.2 Å². The van der Waals surface area contributed by atoms with Crippen LogP contribution < -0.4 is 0 Å². The Morgan fingerprint density at radius 3 is 2.06 bits per heavy atom. The van der Waals surface area contributed by atoms with E-state index in [1.807, 2.05) is 48.5 Å². The van der Waals surface area contributed by atoms with Crippen LogP contribution in [0.4, 0.5) is 0 Å². The Bertz CT molecular complexity index is 1110. The second-order valence-electron chi connectivity index (χ2n) is 7.48. The number of hydrogen-bond donors (Lipinski definition) is 0. The van der Waals surface area contributed by atoms with Gasteiger partial charge in [-0.05, 0) is 29.2 Å². The lowest BCUT2D eigenvalue weighted by Crippen LogP contribution is -2.46. The first kappa shape index (κ1) is 20.6. The predicted octanol–water partition coefficient (Wildman–Crippen LogP) is 3.43. The molecule has 1 aliphatic heterocycles. The third kappa shape index (κ3) is 2.90. The van der Waals surface area contributed by atoms with E-state index in [-0.39, 0.29) is 6.61 Å². The average Bonchev–Trinajstić information content (AvgIpc) is 3.17. The molecule has 0 N–H and O–H groups in total. The van der Waals surface area contributed by atoms with Crippen LogP contribution in [-0.4, -0.2) is 38.7 Å². The maximum atomic E-state index is 13.3. The molecule has 0 amide bonds. The molecule has 6 nitrogen and oxygen atoms in total. The molecule has 2 aliphatic rings. The molecule has 1 aliphatic carbocycles. The number of cyclic esters (lactones) is 1. The van der Waals surface area contributed by atoms with Gasteiger partial charge in [-0.25, -0.2) is 4.79 Å². The van der Waals surface area contributed by atoms with E-state index >= 15 is 0 Å². The smallest absolute Gasteiger partial charge is 0.338 e. The molecule has 2 atom stereocenters. The Morgan fingerprint density at radius 2 is 1.52 bits per heavy atom. The van der Waals surface area contributed by atoms with Gasteiger partial charge in [0, 0.05) is 11.5 Å². The number of methoxy groups -OCH3 is 2. The van der Waals surface area contributed by atoms with Crippen molar-refractivity contribution in [2.45, 2.75) is 6.92 Å². The third-order valence-corrected chi connectivity index (χ3v) is 6.06. The first-order chi connectivity index (χ1) is 15.0. The highest BCUT2D eigenvalue weighted by atomic mass is 16.6. The van der Waals surface area contributed by atoms with Gasteiger partial charge in [0.05, 0.1) is 26.4 Å². The van der Waals surface area contributed by atoms with Crippen molar-refractivity contribution < 1.29 is 28.6 Å². The summed E-state index contributed by atoms with van der Waals surface area (Å²) in [7, 11) is 2.56. The SMILES string of the molecule is COC(=O)C1=C(C)C2COC(=O)[C@@]2(C(=O)OC)C(c2ccccc2)=C1c1ccccc1. The van der Waals surface area contributed by atoms with Crippen molar-refractivity contribution in [2.24, 2.45) is 11.3 Å². The van der Waals surface area contributed by atoms with Crippen molar-refractivity contribution in [1.29, 1.82) is 0 Å². The fraction of sp³-hybridized carbons (Fsp3) is 0.240. The second kappa shape index (κ2) is 7.87. The average molecular weight is 418 g/mol. The molecule has 1 fully saturated rings. The van der Waals surface area contributed by atoms with Crippen molar-refractivity contribution in [1.82, 2.24) is 0 Å². The zero-order chi connectivity index (χ0) is 22.2. The molecule has 31 heavy (non-hydrogen) atoms. The minimum absolute atomic E-state index is 0.0291. The molecular formula is C25H22O6. The highest BCUT2D eigenvalue weighted by Gasteiger charge is 2.65. The van der Waals surface area contributed by atoms with Gasteiger partial charge >= 0.3 is 17.9 Å². The van der Waals surface area contributed by atoms with Crippen LogP contribution in [0.3, 0.4) is 0 Å². The zero-order valence-corrected chi connectivity index (χ0v) is 17.5. The monoisotopic (exact) mass is 418 g/mol. The summed E-state index contributed by atoms with van der Waals surface area (Å²) in [5, 5.41) is 0. The summed E-state index contributed by atoms with van der Waals surface area (Å²) in [6.07, 6.45) is 0. The van der Waals surface area contributed by atoms with Crippen LogP contribution in [-0.2, 0) is 28.6 Å². The fourth-order valence-electron chi connectivity index (χ4n) is 4.68. The molecular weight excluding hydrogens is 396 g/mol. The molecule has 1 saturated heterocycles. The van der Waals surface area contributed by atoms with Crippen LogP contribution in [0.2, 0.25) is 0 Å². The van der Waals surface area contributed by atoms with E-state index in [9.17, 15) is 14.4 Å². The molecule has 0 radical (unpaired) electrons. The number of fused-ring (bicyclic) bond motifs is 1. The molecule has 4 rings (SSSR count). The molecule has 0 saturated carbocycles. The standard InChI is InChI=1S/C25H22O6/c1-15-18-14-31-24(28)25(18,23(27)30-3)21(17-12-8-5-9-13-17)20(19(15)22(26)29-2)16-10-6-4-7-11-16/h4-13,18H,14H2,1-3H3/t18?,25-/m1/s1. The molecule has 0 bridgehead atoms. The number of carbonyl (C=O) groups is 3. The Balaban J connectivity index is 2.22. The van der Waals surface area contributed by atoms with E-state index in [1.165, 1.54) is 14.2 Å². The molecule has 0 spiro atoms. The van der Waals surface area contributed by atoms with Crippen molar-refractivity contribution in [3.63, 3.8) is 0 Å². The largest absolute Gasteiger partial charge is 0.468 e. The van der Waals surface area contributed by atoms with Gasteiger partial charge in [-0.2, -0.15) is 0 Å². The van der Waals surface area contributed by atoms with E-state index in [0.717, 1.165) is 0 Å². The molecule has 1 heterocycles. The van der Waals surface area contributed by atoms with Crippen LogP contribution >= 0.6 is 0 Å². The van der Waals surface area contributed by atoms with Gasteiger partial charge in [0.2, 0.25) is 5.41 Å². The summed E-state index contributed by atoms with van der Waals surface area (Å²) in [6, 6.07) is 18.3. The van der Waals surface area contributed by atoms with Gasteiger partial charge in [0.1, 0.15) is 0 Å². The molecule has 6 heteroatoms. The van der Waals surface area contributed by atoms with Crippen LogP contribution in [0, 0.1) is 11.3 Å². The summed E-state index contributed by atoms with van der Waals surface area (Å²) >= 11 is 0. The first-order valence-electron chi connectivity index (χ1n) is 9.89. The topological polar surface area (TPSA) is 78.9 Å². The summed E-state index contributed by atoms with van der Waals surface area (Å²) in [5.41, 5.74) is 1.34. The Morgan fingerprint density at radius 1 is 0.935 bits per heavy atom. The highest BCUT2D eigenvalue weighted by molar-refractivity contribution is 6.25. The van der Waals surface area contributed by atoms with Gasteiger partial charge in [-0.1, -0.05) is 60.7 Å². The van der Waals surface area contributed by atoms with E-state index < -0.39 is 29.2 Å². The van der Waals surface area contributed by atoms with E-state index in [2.05, 4.69) is 0 Å². The lowest BCUT2D eigenvalue weighted by molar-refractivity contribution is -0.159. The maximum Gasteiger partial charge on any atom is 0.338 e. The summed E-state index contributed by atoms with van der Waals surface area (Å²) in [5.74, 6) is -2.62. The predicted molar refractivity (Wildman–Crippen MR) is 113 cm³/mol. The minimum atomic E-state index is -1.72. The van der Waals surface area contributed by atoms with Crippen molar-refractivity contribution in [3.8, 4) is 0 Å². The molecule has 1 unspecified atom stereocenters. The van der Waals surface area contributed by atoms with Crippen molar-refractivity contribution in [2.75, 3.05) is 20.8 Å². The van der Waals surface area contributed by atoms with Crippen LogP contribution in [0.25, 0.3) is 11.1 Å². The van der Waals surface area contributed by atoms with Crippen molar-refractivity contribution >= 4 is 29.1 Å². The van der Waals surface area contributed by atoms with E-state index in [1.54, 1.807) is 19.1 Å². The lowest BCUT2D eigenvalue weighted by Gasteiger charge is -2.38. The zero-order valence-electron chi connectivity index (χ0n) is 17.5. The van der Waals surface area contributed by atoms with Gasteiger partial charge in [-0.3, -0.25) is 9.59 Å². The van der Waals surface area contributed by atoms with E-state index in [0.29, 0.717) is 33.4 Å². The Hall–Kier alpha value is -3.67. The minimum Gasteiger partial charge on any atom is -0.468 e. The van der Waals surface area contributed by atoms with Crippen LogP contribution in [0.1, 0.15) is 18.1 Å². The highest BCUT2D eigenvalue weighted by Crippen LogP contribution is 2.58. The number of esters is 3. The second-order valence-corrected chi connectivity index (χ2v) is 7.48. The number of benzene rings is 2. The van der Waals surface area contributed by atoms with Crippen molar-refractivity contribution in [3.05, 3.63) is 82.9 Å². The number of carbonyl (C=O) groups excluding carboxylic acids is 3. The number of ether oxygens (including phenoxy) is 3. The normalized spacial score (nSPS) is 22.7. The lowest BCUT2D eigenvalue weighted by atomic mass is 9.60. The molecule has 2 aromatic rings. The van der Waals surface area contributed by atoms with Gasteiger partial charge in [0.15, 0.2) is 0 Å².